The molecule has 23 heavy (non-hydrogen) atoms. The van der Waals surface area contributed by atoms with Gasteiger partial charge >= 0.3 is 0 Å². The second-order valence-electron chi connectivity index (χ2n) is 6.40. The van der Waals surface area contributed by atoms with Crippen molar-refractivity contribution in [2.24, 2.45) is 0 Å². The van der Waals surface area contributed by atoms with E-state index in [1.54, 1.807) is 7.11 Å². The third-order valence-electron chi connectivity index (χ3n) is 4.36. The number of likely N-dealkylation sites (tertiary alicyclic amines) is 1. The average molecular weight is 319 g/mol. The van der Waals surface area contributed by atoms with Gasteiger partial charge in [-0.3, -0.25) is 4.79 Å². The number of carbonyl (C=O) groups excluding carboxylic acids is 1. The Labute approximate surface area is 139 Å². The fraction of sp³-hybridized carbons (Fsp3) is 0.611. The van der Waals surface area contributed by atoms with E-state index in [4.69, 9.17) is 4.74 Å². The van der Waals surface area contributed by atoms with Crippen LogP contribution in [0.2, 0.25) is 0 Å². The Morgan fingerprint density at radius 3 is 2.96 bits per heavy atom. The molecule has 0 spiro atoms. The van der Waals surface area contributed by atoms with E-state index in [0.717, 1.165) is 44.8 Å². The molecule has 1 aromatic carbocycles. The van der Waals surface area contributed by atoms with E-state index in [2.05, 4.69) is 27.2 Å². The van der Waals surface area contributed by atoms with Gasteiger partial charge in [0, 0.05) is 32.1 Å². The summed E-state index contributed by atoms with van der Waals surface area (Å²) in [5.74, 6) is 1.20. The van der Waals surface area contributed by atoms with Crippen LogP contribution in [0.4, 0.5) is 0 Å². The summed E-state index contributed by atoms with van der Waals surface area (Å²) in [6, 6.07) is 8.50. The number of nitrogens with one attached hydrogen (secondary N) is 1. The number of hydrogen-bond acceptors (Lipinski definition) is 4. The fourth-order valence-electron chi connectivity index (χ4n) is 2.99. The topological polar surface area (TPSA) is 44.8 Å². The van der Waals surface area contributed by atoms with Gasteiger partial charge in [-0.25, -0.2) is 0 Å². The molecule has 1 fully saturated rings. The van der Waals surface area contributed by atoms with Crippen LogP contribution in [-0.4, -0.2) is 62.6 Å². The summed E-state index contributed by atoms with van der Waals surface area (Å²) < 4.78 is 5.24. The van der Waals surface area contributed by atoms with Gasteiger partial charge in [-0.05, 0) is 51.2 Å². The average Bonchev–Trinajstić information content (AvgIpc) is 2.90. The molecule has 1 aromatic rings. The second kappa shape index (κ2) is 8.89. The molecule has 128 valence electrons. The molecule has 1 heterocycles. The molecule has 0 radical (unpaired) electrons. The van der Waals surface area contributed by atoms with E-state index in [1.165, 1.54) is 5.56 Å². The zero-order valence-corrected chi connectivity index (χ0v) is 14.5. The van der Waals surface area contributed by atoms with Gasteiger partial charge in [0.2, 0.25) is 5.91 Å². The monoisotopic (exact) mass is 319 g/mol. The minimum Gasteiger partial charge on any atom is -0.497 e. The van der Waals surface area contributed by atoms with Crippen molar-refractivity contribution in [3.63, 3.8) is 0 Å². The summed E-state index contributed by atoms with van der Waals surface area (Å²) >= 11 is 0. The summed E-state index contributed by atoms with van der Waals surface area (Å²) in [7, 11) is 5.78. The maximum atomic E-state index is 12.0. The molecule has 0 saturated carbocycles. The van der Waals surface area contributed by atoms with Gasteiger partial charge in [-0.15, -0.1) is 0 Å². The Hall–Kier alpha value is -1.59. The van der Waals surface area contributed by atoms with Crippen molar-refractivity contribution in [1.29, 1.82) is 0 Å². The predicted octanol–water partition coefficient (Wildman–Crippen LogP) is 1.73. The summed E-state index contributed by atoms with van der Waals surface area (Å²) in [6.45, 7) is 3.52. The lowest BCUT2D eigenvalue weighted by Crippen LogP contribution is -2.39. The number of rotatable bonds is 9. The minimum atomic E-state index is 0.310. The first-order chi connectivity index (χ1) is 11.1. The molecular formula is C18H29N3O2. The molecule has 0 bridgehead atoms. The number of ether oxygens (including phenoxy) is 1. The quantitative estimate of drug-likeness (QED) is 0.704. The highest BCUT2D eigenvalue weighted by molar-refractivity contribution is 5.78. The van der Waals surface area contributed by atoms with E-state index >= 15 is 0 Å². The van der Waals surface area contributed by atoms with Crippen molar-refractivity contribution in [3.8, 4) is 5.75 Å². The fourth-order valence-corrected chi connectivity index (χ4v) is 2.99. The highest BCUT2D eigenvalue weighted by Gasteiger charge is 2.29. The minimum absolute atomic E-state index is 0.310. The number of likely N-dealkylation sites (N-methyl/N-ethyl adjacent to an activating group) is 1. The lowest BCUT2D eigenvalue weighted by molar-refractivity contribution is -0.129. The largest absolute Gasteiger partial charge is 0.497 e. The van der Waals surface area contributed by atoms with Gasteiger partial charge in [-0.2, -0.15) is 0 Å². The van der Waals surface area contributed by atoms with Gasteiger partial charge in [0.1, 0.15) is 5.75 Å². The first-order valence-corrected chi connectivity index (χ1v) is 8.38. The van der Waals surface area contributed by atoms with E-state index in [1.807, 2.05) is 26.2 Å². The lowest BCUT2D eigenvalue weighted by atomic mass is 10.1. The lowest BCUT2D eigenvalue weighted by Gasteiger charge is -2.26. The molecule has 1 saturated heterocycles. The summed E-state index contributed by atoms with van der Waals surface area (Å²) in [4.78, 5) is 16.2. The molecule has 5 heteroatoms. The Bertz CT molecular complexity index is 505. The van der Waals surface area contributed by atoms with Gasteiger partial charge in [0.25, 0.3) is 0 Å². The zero-order valence-electron chi connectivity index (χ0n) is 14.5. The molecule has 2 rings (SSSR count). The zero-order chi connectivity index (χ0) is 16.7. The maximum absolute atomic E-state index is 12.0. The highest BCUT2D eigenvalue weighted by atomic mass is 16.5. The van der Waals surface area contributed by atoms with Gasteiger partial charge in [0.05, 0.1) is 7.11 Å². The Morgan fingerprint density at radius 2 is 2.22 bits per heavy atom. The number of nitrogens with zero attached hydrogens (tertiary/aromatic N) is 2. The molecule has 1 aliphatic rings. The van der Waals surface area contributed by atoms with Gasteiger partial charge < -0.3 is 19.9 Å². The van der Waals surface area contributed by atoms with E-state index in [0.29, 0.717) is 18.4 Å². The second-order valence-corrected chi connectivity index (χ2v) is 6.40. The normalized spacial score (nSPS) is 18.0. The van der Waals surface area contributed by atoms with Crippen LogP contribution >= 0.6 is 0 Å². The predicted molar refractivity (Wildman–Crippen MR) is 92.6 cm³/mol. The maximum Gasteiger partial charge on any atom is 0.222 e. The van der Waals surface area contributed by atoms with Crippen LogP contribution in [0.3, 0.4) is 0 Å². The number of amides is 1. The van der Waals surface area contributed by atoms with Crippen LogP contribution in [0.5, 0.6) is 5.75 Å². The van der Waals surface area contributed by atoms with Crippen LogP contribution < -0.4 is 10.1 Å². The van der Waals surface area contributed by atoms with Crippen LogP contribution in [0.25, 0.3) is 0 Å². The first kappa shape index (κ1) is 17.8. The highest BCUT2D eigenvalue weighted by Crippen LogP contribution is 2.20. The molecule has 1 amide bonds. The van der Waals surface area contributed by atoms with Crippen molar-refractivity contribution < 1.29 is 9.53 Å². The van der Waals surface area contributed by atoms with Crippen LogP contribution in [0.1, 0.15) is 24.8 Å². The molecule has 0 aromatic heterocycles. The number of methoxy groups -OCH3 is 1. The molecule has 0 aliphatic carbocycles. The first-order valence-electron chi connectivity index (χ1n) is 8.38. The SMILES string of the molecule is COc1cccc(CNCC[C@@H]2CCC(=O)N2CCN(C)C)c1. The molecule has 5 nitrogen and oxygen atoms in total. The summed E-state index contributed by atoms with van der Waals surface area (Å²) in [6.07, 6.45) is 2.71. The Morgan fingerprint density at radius 1 is 1.39 bits per heavy atom. The standard InChI is InChI=1S/C18H29N3O2/c1-20(2)11-12-21-16(7-8-18(21)22)9-10-19-14-15-5-4-6-17(13-15)23-3/h4-6,13,16,19H,7-12,14H2,1-3H3/t16-/m0/s1. The third kappa shape index (κ3) is 5.52. The van der Waals surface area contributed by atoms with Crippen LogP contribution in [-0.2, 0) is 11.3 Å². The Kier molecular flexibility index (Phi) is 6.86. The number of carbonyl (C=O) groups is 1. The molecule has 1 atom stereocenters. The smallest absolute Gasteiger partial charge is 0.222 e. The Balaban J connectivity index is 1.73. The van der Waals surface area contributed by atoms with Gasteiger partial charge in [-0.1, -0.05) is 12.1 Å². The summed E-state index contributed by atoms with van der Waals surface area (Å²) in [5, 5.41) is 3.48. The van der Waals surface area contributed by atoms with Crippen molar-refractivity contribution in [2.45, 2.75) is 31.8 Å². The number of hydrogen-bond donors (Lipinski definition) is 1. The molecule has 1 N–H and O–H groups in total. The number of benzene rings is 1. The van der Waals surface area contributed by atoms with Crippen LogP contribution in [0.15, 0.2) is 24.3 Å². The van der Waals surface area contributed by atoms with E-state index < -0.39 is 0 Å². The van der Waals surface area contributed by atoms with Crippen molar-refractivity contribution in [2.75, 3.05) is 40.8 Å². The summed E-state index contributed by atoms with van der Waals surface area (Å²) in [5.41, 5.74) is 1.22. The molecule has 0 unspecified atom stereocenters. The van der Waals surface area contributed by atoms with Crippen LogP contribution in [0, 0.1) is 0 Å². The molecular weight excluding hydrogens is 290 g/mol. The van der Waals surface area contributed by atoms with Gasteiger partial charge in [0.15, 0.2) is 0 Å². The van der Waals surface area contributed by atoms with Crippen molar-refractivity contribution >= 4 is 5.91 Å². The molecule has 1 aliphatic heterocycles. The third-order valence-corrected chi connectivity index (χ3v) is 4.36. The van der Waals surface area contributed by atoms with E-state index in [9.17, 15) is 4.79 Å². The van der Waals surface area contributed by atoms with Crippen molar-refractivity contribution in [1.82, 2.24) is 15.1 Å². The van der Waals surface area contributed by atoms with Crippen molar-refractivity contribution in [3.05, 3.63) is 29.8 Å². The van der Waals surface area contributed by atoms with E-state index in [-0.39, 0.29) is 0 Å².